The van der Waals surface area contributed by atoms with Crippen LogP contribution in [0.25, 0.3) is 0 Å². The Morgan fingerprint density at radius 1 is 0.700 bits per heavy atom. The molecular formula is C25H51NO3S. The van der Waals surface area contributed by atoms with Gasteiger partial charge in [-0.3, -0.25) is 0 Å². The first-order chi connectivity index (χ1) is 14.2. The normalized spacial score (nSPS) is 12.5. The molecule has 0 spiro atoms. The van der Waals surface area contributed by atoms with Crippen LogP contribution in [0.5, 0.6) is 0 Å². The lowest BCUT2D eigenvalue weighted by Gasteiger charge is -2.39. The molecule has 0 radical (unpaired) electrons. The summed E-state index contributed by atoms with van der Waals surface area (Å²) in [5, 5.41) is 0. The Balaban J connectivity index is 0. The van der Waals surface area contributed by atoms with Crippen molar-refractivity contribution in [2.45, 2.75) is 105 Å². The minimum atomic E-state index is -3.92. The van der Waals surface area contributed by atoms with E-state index < -0.39 is 10.1 Å². The van der Waals surface area contributed by atoms with E-state index in [1.54, 1.807) is 0 Å². The molecule has 5 heteroatoms. The van der Waals surface area contributed by atoms with E-state index in [2.05, 4.69) is 52.0 Å². The van der Waals surface area contributed by atoms with Crippen molar-refractivity contribution < 1.29 is 17.5 Å². The van der Waals surface area contributed by atoms with E-state index in [4.69, 9.17) is 13.0 Å². The standard InChI is InChI=1S/C24H48N.CH4O3S/c1-5-9-13-14-15-16-17-18-19-20-24-25(21-10-6-2,22-11-7-3)23-12-8-4;1-5(2,3)4/h5,9,13-14H,6-8,10-12,15-24H2,1-4H3;1H3,(H,2,3,4)/q+1;/p-1. The van der Waals surface area contributed by atoms with Crippen molar-refractivity contribution in [2.75, 3.05) is 32.4 Å². The molecule has 0 heterocycles. The molecule has 0 aliphatic carbocycles. The van der Waals surface area contributed by atoms with Gasteiger partial charge in [-0.25, -0.2) is 8.42 Å². The smallest absolute Gasteiger partial charge is 0.0916 e. The molecule has 0 fully saturated rings. The largest absolute Gasteiger partial charge is 0.748 e. The number of rotatable bonds is 18. The van der Waals surface area contributed by atoms with Gasteiger partial charge in [0.25, 0.3) is 0 Å². The third-order valence-electron chi connectivity index (χ3n) is 5.40. The topological polar surface area (TPSA) is 57.2 Å². The molecule has 0 aromatic carbocycles. The summed E-state index contributed by atoms with van der Waals surface area (Å²) in [6, 6.07) is 0. The molecule has 30 heavy (non-hydrogen) atoms. The third-order valence-corrected chi connectivity index (χ3v) is 5.40. The molecule has 0 atom stereocenters. The fourth-order valence-corrected chi connectivity index (χ4v) is 3.68. The van der Waals surface area contributed by atoms with Crippen molar-refractivity contribution in [2.24, 2.45) is 0 Å². The zero-order valence-corrected chi connectivity index (χ0v) is 21.5. The van der Waals surface area contributed by atoms with Gasteiger partial charge < -0.3 is 9.04 Å². The van der Waals surface area contributed by atoms with Gasteiger partial charge in [-0.1, -0.05) is 77.2 Å². The summed E-state index contributed by atoms with van der Waals surface area (Å²) in [5.41, 5.74) is 0. The minimum absolute atomic E-state index is 0.604. The summed E-state index contributed by atoms with van der Waals surface area (Å²) in [6.45, 7) is 14.8. The van der Waals surface area contributed by atoms with Crippen LogP contribution in [0.2, 0.25) is 0 Å². The maximum Gasteiger partial charge on any atom is 0.0916 e. The van der Waals surface area contributed by atoms with Crippen molar-refractivity contribution in [3.8, 4) is 0 Å². The Bertz CT molecular complexity index is 483. The maximum absolute atomic E-state index is 9.08. The molecular weight excluding hydrogens is 394 g/mol. The molecule has 0 saturated heterocycles. The van der Waals surface area contributed by atoms with E-state index in [1.807, 2.05) is 0 Å². The molecule has 0 unspecified atom stereocenters. The van der Waals surface area contributed by atoms with Crippen LogP contribution < -0.4 is 0 Å². The molecule has 0 rings (SSSR count). The highest BCUT2D eigenvalue weighted by Gasteiger charge is 2.24. The minimum Gasteiger partial charge on any atom is -0.748 e. The van der Waals surface area contributed by atoms with E-state index in [9.17, 15) is 0 Å². The molecule has 0 saturated carbocycles. The first-order valence-electron chi connectivity index (χ1n) is 12.3. The van der Waals surface area contributed by atoms with Gasteiger partial charge in [0.15, 0.2) is 0 Å². The number of allylic oxidation sites excluding steroid dienone is 4. The Labute approximate surface area is 189 Å². The Kier molecular flexibility index (Phi) is 22.7. The second-order valence-electron chi connectivity index (χ2n) is 8.51. The third kappa shape index (κ3) is 25.4. The van der Waals surface area contributed by atoms with Gasteiger partial charge >= 0.3 is 0 Å². The van der Waals surface area contributed by atoms with Crippen molar-refractivity contribution in [3.05, 3.63) is 24.3 Å². The van der Waals surface area contributed by atoms with Gasteiger partial charge in [-0.05, 0) is 51.9 Å². The molecule has 0 bridgehead atoms. The van der Waals surface area contributed by atoms with Crippen LogP contribution in [-0.2, 0) is 10.1 Å². The van der Waals surface area contributed by atoms with Crippen LogP contribution in [-0.4, -0.2) is 49.9 Å². The maximum atomic E-state index is 9.08. The predicted molar refractivity (Wildman–Crippen MR) is 132 cm³/mol. The Morgan fingerprint density at radius 2 is 1.10 bits per heavy atom. The van der Waals surface area contributed by atoms with Crippen molar-refractivity contribution in [3.63, 3.8) is 0 Å². The first kappa shape index (κ1) is 31.5. The summed E-state index contributed by atoms with van der Waals surface area (Å²) in [4.78, 5) is 0. The summed E-state index contributed by atoms with van der Waals surface area (Å²) >= 11 is 0. The van der Waals surface area contributed by atoms with E-state index >= 15 is 0 Å². The van der Waals surface area contributed by atoms with Crippen molar-refractivity contribution in [1.82, 2.24) is 0 Å². The first-order valence-corrected chi connectivity index (χ1v) is 14.1. The molecule has 0 aromatic rings. The molecule has 0 amide bonds. The average molecular weight is 446 g/mol. The van der Waals surface area contributed by atoms with E-state index in [0.717, 1.165) is 0 Å². The van der Waals surface area contributed by atoms with E-state index in [1.165, 1.54) is 108 Å². The fraction of sp³-hybridized carbons (Fsp3) is 0.840. The van der Waals surface area contributed by atoms with Gasteiger partial charge in [0, 0.05) is 6.26 Å². The SMILES string of the molecule is CC=CC=CCCCCCCC[N+](CCCC)(CCCC)CCCC.CS(=O)(=O)[O-]. The number of unbranched alkanes of at least 4 members (excludes halogenated alkanes) is 8. The summed E-state index contributed by atoms with van der Waals surface area (Å²) in [7, 11) is -3.92. The monoisotopic (exact) mass is 445 g/mol. The zero-order chi connectivity index (χ0) is 23.1. The van der Waals surface area contributed by atoms with Gasteiger partial charge in [0.1, 0.15) is 0 Å². The van der Waals surface area contributed by atoms with Crippen LogP contribution in [0.3, 0.4) is 0 Å². The van der Waals surface area contributed by atoms with Gasteiger partial charge in [-0.2, -0.15) is 0 Å². The highest BCUT2D eigenvalue weighted by molar-refractivity contribution is 7.84. The van der Waals surface area contributed by atoms with Crippen LogP contribution in [0.4, 0.5) is 0 Å². The van der Waals surface area contributed by atoms with E-state index in [0.29, 0.717) is 6.26 Å². The van der Waals surface area contributed by atoms with Crippen molar-refractivity contribution in [1.29, 1.82) is 0 Å². The summed E-state index contributed by atoms with van der Waals surface area (Å²) in [6.07, 6.45) is 25.9. The Morgan fingerprint density at radius 3 is 1.53 bits per heavy atom. The van der Waals surface area contributed by atoms with Gasteiger partial charge in [0.05, 0.1) is 36.3 Å². The number of hydrogen-bond acceptors (Lipinski definition) is 3. The quantitative estimate of drug-likeness (QED) is 0.100. The molecule has 0 aliphatic rings. The lowest BCUT2D eigenvalue weighted by atomic mass is 10.1. The lowest BCUT2D eigenvalue weighted by Crippen LogP contribution is -2.50. The van der Waals surface area contributed by atoms with Crippen LogP contribution in [0.15, 0.2) is 24.3 Å². The summed E-state index contributed by atoms with van der Waals surface area (Å²) < 4.78 is 28.6. The lowest BCUT2D eigenvalue weighted by molar-refractivity contribution is -0.929. The number of quaternary nitrogens is 1. The van der Waals surface area contributed by atoms with Crippen LogP contribution in [0, 0.1) is 0 Å². The Hall–Kier alpha value is -0.650. The second kappa shape index (κ2) is 21.6. The average Bonchev–Trinajstić information content (AvgIpc) is 2.69. The summed E-state index contributed by atoms with van der Waals surface area (Å²) in [5.74, 6) is 0. The predicted octanol–water partition coefficient (Wildman–Crippen LogP) is 6.84. The zero-order valence-electron chi connectivity index (χ0n) is 20.7. The number of hydrogen-bond donors (Lipinski definition) is 0. The highest BCUT2D eigenvalue weighted by Crippen LogP contribution is 2.17. The molecule has 4 nitrogen and oxygen atoms in total. The van der Waals surface area contributed by atoms with Gasteiger partial charge in [-0.15, -0.1) is 0 Å². The van der Waals surface area contributed by atoms with Crippen LogP contribution >= 0.6 is 0 Å². The molecule has 0 aliphatic heterocycles. The van der Waals surface area contributed by atoms with Gasteiger partial charge in [0.2, 0.25) is 0 Å². The number of nitrogens with zero attached hydrogens (tertiary/aromatic N) is 1. The molecule has 0 N–H and O–H groups in total. The highest BCUT2D eigenvalue weighted by atomic mass is 32.2. The molecule has 0 aromatic heterocycles. The van der Waals surface area contributed by atoms with Crippen LogP contribution in [0.1, 0.15) is 105 Å². The molecule has 180 valence electrons. The second-order valence-corrected chi connectivity index (χ2v) is 9.92. The van der Waals surface area contributed by atoms with Crippen molar-refractivity contribution >= 4 is 10.1 Å². The fourth-order valence-electron chi connectivity index (χ4n) is 3.68. The van der Waals surface area contributed by atoms with E-state index in [-0.39, 0.29) is 0 Å².